The molecule has 2 aromatic heterocycles. The maximum Gasteiger partial charge on any atom is 0.164 e. The van der Waals surface area contributed by atoms with Crippen molar-refractivity contribution in [3.63, 3.8) is 0 Å². The van der Waals surface area contributed by atoms with Gasteiger partial charge in [-0.15, -0.1) is 0 Å². The fourth-order valence-electron chi connectivity index (χ4n) is 7.94. The highest BCUT2D eigenvalue weighted by molar-refractivity contribution is 5.85. The molecule has 59 heavy (non-hydrogen) atoms. The van der Waals surface area contributed by atoms with Gasteiger partial charge >= 0.3 is 0 Å². The van der Waals surface area contributed by atoms with E-state index >= 15 is 0 Å². The number of aromatic nitrogens is 4. The molecule has 5 aromatic carbocycles. The van der Waals surface area contributed by atoms with Gasteiger partial charge < -0.3 is 0 Å². The van der Waals surface area contributed by atoms with E-state index in [4.69, 9.17) is 15.0 Å². The largest absolute Gasteiger partial charge is 0.264 e. The Bertz CT molecular complexity index is 2680. The van der Waals surface area contributed by atoms with E-state index in [1.54, 1.807) is 0 Å². The van der Waals surface area contributed by atoms with Crippen molar-refractivity contribution in [2.24, 2.45) is 5.92 Å². The van der Waals surface area contributed by atoms with Gasteiger partial charge in [0.1, 0.15) is 0 Å². The average Bonchev–Trinajstić information content (AvgIpc) is 3.31. The van der Waals surface area contributed by atoms with Crippen molar-refractivity contribution >= 4 is 11.6 Å². The first-order chi connectivity index (χ1) is 29.0. The normalized spacial score (nSPS) is 15.1. The Balaban J connectivity index is 0.00000238. The third kappa shape index (κ3) is 8.35. The van der Waals surface area contributed by atoms with Gasteiger partial charge in [0.05, 0.1) is 0 Å². The minimum atomic E-state index is 0.315. The number of hydrogen-bond acceptors (Lipinski definition) is 4. The summed E-state index contributed by atoms with van der Waals surface area (Å²) in [6.45, 7) is 12.6. The summed E-state index contributed by atoms with van der Waals surface area (Å²) < 4.78 is 0. The SMILES string of the molecule is C=C/C(=C1/C=CC(C)=CC1C)c1ccc(-c2cc(-c3ccc(-c4cncc5c4C=CCC5)cc3)cc(-c3nc(-c4ccccc4)nc(-c4ccccc4)n3)c2)cc1.CC. The number of hydrogen-bond donors (Lipinski definition) is 0. The van der Waals surface area contributed by atoms with Gasteiger partial charge in [-0.05, 0) is 93.6 Å². The predicted octanol–water partition coefficient (Wildman–Crippen LogP) is 14.3. The van der Waals surface area contributed by atoms with Crippen LogP contribution in [0.15, 0.2) is 188 Å². The zero-order valence-electron chi connectivity index (χ0n) is 34.2. The van der Waals surface area contributed by atoms with Crippen LogP contribution in [0.1, 0.15) is 50.8 Å². The van der Waals surface area contributed by atoms with E-state index in [0.29, 0.717) is 23.4 Å². The molecule has 0 spiro atoms. The molecule has 0 N–H and O–H groups in total. The van der Waals surface area contributed by atoms with Crippen molar-refractivity contribution in [1.29, 1.82) is 0 Å². The summed E-state index contributed by atoms with van der Waals surface area (Å²) in [7, 11) is 0. The quantitative estimate of drug-likeness (QED) is 0.155. The first kappa shape index (κ1) is 38.8. The standard InChI is InChI=1S/C53H42N4.C2H6/c1-4-47(48-28-19-35(2)29-36(48)3)39-24-20-37(21-25-39)44-30-45(38-22-26-40(27-23-38)50-34-54-33-43-17-11-12-18-49(43)50)32-46(31-44)53-56-51(41-13-7-5-8-14-41)55-52(57-53)42-15-9-6-10-16-42;1-2/h4-10,12-16,18-34,36H,1,11,17H2,2-3H3;1-2H3/b48-47+;. The van der Waals surface area contributed by atoms with Crippen molar-refractivity contribution in [2.75, 3.05) is 0 Å². The van der Waals surface area contributed by atoms with Gasteiger partial charge in [-0.3, -0.25) is 4.98 Å². The third-order valence-electron chi connectivity index (χ3n) is 10.9. The summed E-state index contributed by atoms with van der Waals surface area (Å²) in [5.74, 6) is 2.20. The van der Waals surface area contributed by atoms with E-state index in [-0.39, 0.29) is 0 Å². The summed E-state index contributed by atoms with van der Waals surface area (Å²) >= 11 is 0. The van der Waals surface area contributed by atoms with Crippen LogP contribution in [-0.4, -0.2) is 19.9 Å². The highest BCUT2D eigenvalue weighted by atomic mass is 15.0. The molecule has 4 nitrogen and oxygen atoms in total. The molecule has 1 atom stereocenters. The summed E-state index contributed by atoms with van der Waals surface area (Å²) in [5.41, 5.74) is 16.9. The van der Waals surface area contributed by atoms with Crippen LogP contribution < -0.4 is 0 Å². The van der Waals surface area contributed by atoms with Crippen LogP contribution in [0.25, 0.3) is 79.2 Å². The number of pyridine rings is 1. The van der Waals surface area contributed by atoms with E-state index in [1.165, 1.54) is 22.3 Å². The lowest BCUT2D eigenvalue weighted by atomic mass is 9.86. The number of rotatable bonds is 8. The lowest BCUT2D eigenvalue weighted by Gasteiger charge is -2.18. The Labute approximate surface area is 348 Å². The maximum absolute atomic E-state index is 5.11. The summed E-state index contributed by atoms with van der Waals surface area (Å²) in [4.78, 5) is 19.8. The second-order valence-corrected chi connectivity index (χ2v) is 14.8. The van der Waals surface area contributed by atoms with E-state index in [1.807, 2.05) is 93.0 Å². The summed E-state index contributed by atoms with van der Waals surface area (Å²) in [6, 6.07) is 44.6. The van der Waals surface area contributed by atoms with Crippen LogP contribution in [-0.2, 0) is 6.42 Å². The number of allylic oxidation sites excluding steroid dienone is 8. The van der Waals surface area contributed by atoms with Gasteiger partial charge in [0.15, 0.2) is 17.5 Å². The van der Waals surface area contributed by atoms with Gasteiger partial charge in [-0.2, -0.15) is 0 Å². The number of nitrogens with zero attached hydrogens (tertiary/aromatic N) is 4. The Morgan fingerprint density at radius 3 is 1.71 bits per heavy atom. The lowest BCUT2D eigenvalue weighted by molar-refractivity contribution is 0.876. The molecule has 2 heterocycles. The average molecular weight is 765 g/mol. The Hall–Kier alpha value is -7.04. The fraction of sp³-hybridized carbons (Fsp3) is 0.127. The molecule has 288 valence electrons. The summed E-state index contributed by atoms with van der Waals surface area (Å²) in [5, 5.41) is 0. The van der Waals surface area contributed by atoms with Crippen LogP contribution in [0, 0.1) is 5.92 Å². The van der Waals surface area contributed by atoms with Gasteiger partial charge in [0.25, 0.3) is 0 Å². The Morgan fingerprint density at radius 1 is 0.593 bits per heavy atom. The van der Waals surface area contributed by atoms with E-state index in [9.17, 15) is 0 Å². The van der Waals surface area contributed by atoms with Crippen molar-refractivity contribution in [2.45, 2.75) is 40.5 Å². The minimum Gasteiger partial charge on any atom is -0.264 e. The molecule has 2 aliphatic rings. The zero-order valence-corrected chi connectivity index (χ0v) is 34.2. The zero-order chi connectivity index (χ0) is 40.7. The van der Waals surface area contributed by atoms with Crippen LogP contribution in [0.3, 0.4) is 0 Å². The topological polar surface area (TPSA) is 51.6 Å². The van der Waals surface area contributed by atoms with Crippen LogP contribution in [0.4, 0.5) is 0 Å². The molecule has 1 unspecified atom stereocenters. The van der Waals surface area contributed by atoms with Gasteiger partial charge in [-0.1, -0.05) is 179 Å². The van der Waals surface area contributed by atoms with Crippen molar-refractivity contribution in [3.05, 3.63) is 205 Å². The minimum absolute atomic E-state index is 0.315. The molecule has 7 aromatic rings. The molecule has 0 radical (unpaired) electrons. The highest BCUT2D eigenvalue weighted by Gasteiger charge is 2.17. The smallest absolute Gasteiger partial charge is 0.164 e. The summed E-state index contributed by atoms with van der Waals surface area (Å²) in [6.07, 6.45) is 19.3. The van der Waals surface area contributed by atoms with Crippen LogP contribution >= 0.6 is 0 Å². The molecule has 0 aliphatic heterocycles. The Kier molecular flexibility index (Phi) is 11.6. The molecule has 0 bridgehead atoms. The second-order valence-electron chi connectivity index (χ2n) is 14.8. The monoisotopic (exact) mass is 764 g/mol. The molecule has 0 amide bonds. The number of benzene rings is 5. The molecule has 4 heteroatoms. The molecule has 9 rings (SSSR count). The van der Waals surface area contributed by atoms with Crippen molar-refractivity contribution < 1.29 is 0 Å². The number of aryl methyl sites for hydroxylation is 1. The van der Waals surface area contributed by atoms with E-state index < -0.39 is 0 Å². The maximum atomic E-state index is 5.11. The van der Waals surface area contributed by atoms with Gasteiger partial charge in [-0.25, -0.2) is 15.0 Å². The molecular weight excluding hydrogens is 717 g/mol. The fourth-order valence-corrected chi connectivity index (χ4v) is 7.94. The van der Waals surface area contributed by atoms with E-state index in [0.717, 1.165) is 74.0 Å². The first-order valence-electron chi connectivity index (χ1n) is 20.6. The van der Waals surface area contributed by atoms with Crippen LogP contribution in [0.2, 0.25) is 0 Å². The van der Waals surface area contributed by atoms with Crippen LogP contribution in [0.5, 0.6) is 0 Å². The third-order valence-corrected chi connectivity index (χ3v) is 10.9. The van der Waals surface area contributed by atoms with Gasteiger partial charge in [0, 0.05) is 40.6 Å². The first-order valence-corrected chi connectivity index (χ1v) is 20.6. The molecule has 2 aliphatic carbocycles. The number of fused-ring (bicyclic) bond motifs is 1. The highest BCUT2D eigenvalue weighted by Crippen LogP contribution is 2.37. The van der Waals surface area contributed by atoms with Crippen molar-refractivity contribution in [1.82, 2.24) is 19.9 Å². The molecule has 0 saturated heterocycles. The second kappa shape index (κ2) is 17.6. The Morgan fingerprint density at radius 2 is 1.14 bits per heavy atom. The van der Waals surface area contributed by atoms with Gasteiger partial charge in [0.2, 0.25) is 0 Å². The molecular formula is C55H48N4. The lowest BCUT2D eigenvalue weighted by Crippen LogP contribution is -2.02. The van der Waals surface area contributed by atoms with Crippen molar-refractivity contribution in [3.8, 4) is 67.5 Å². The molecule has 0 fully saturated rings. The van der Waals surface area contributed by atoms with E-state index in [2.05, 4.69) is 123 Å². The predicted molar refractivity (Wildman–Crippen MR) is 248 cm³/mol. The molecule has 0 saturated carbocycles.